The van der Waals surface area contributed by atoms with Crippen LogP contribution in [-0.2, 0) is 18.9 Å². The Morgan fingerprint density at radius 2 is 0.684 bits per heavy atom. The van der Waals surface area contributed by atoms with Gasteiger partial charge in [-0.05, 0) is 25.7 Å². The van der Waals surface area contributed by atoms with E-state index in [1.807, 2.05) is 27.7 Å². The molecule has 4 amide bonds. The number of hydrogen-bond acceptors (Lipinski definition) is 8. The van der Waals surface area contributed by atoms with Gasteiger partial charge in [0.15, 0.2) is 0 Å². The summed E-state index contributed by atoms with van der Waals surface area (Å²) in [6, 6.07) is 0. The number of nitrogens with one attached hydrogen (secondary N) is 4. The van der Waals surface area contributed by atoms with Crippen LogP contribution in [0.1, 0.15) is 79.1 Å². The maximum absolute atomic E-state index is 12.3. The molecule has 0 aromatic heterocycles. The van der Waals surface area contributed by atoms with E-state index in [2.05, 4.69) is 21.3 Å². The van der Waals surface area contributed by atoms with E-state index < -0.39 is 31.6 Å². The molecule has 12 nitrogen and oxygen atoms in total. The quantitative estimate of drug-likeness (QED) is 0.0959. The van der Waals surface area contributed by atoms with Crippen LogP contribution in [0.5, 0.6) is 0 Å². The Morgan fingerprint density at radius 1 is 0.474 bits per heavy atom. The maximum Gasteiger partial charge on any atom is 0.409 e. The van der Waals surface area contributed by atoms with E-state index >= 15 is 0 Å². The third-order valence-corrected chi connectivity index (χ3v) is 8.48. The molecule has 0 spiro atoms. The van der Waals surface area contributed by atoms with Crippen molar-refractivity contribution in [2.24, 2.45) is 0 Å². The van der Waals surface area contributed by atoms with Gasteiger partial charge in [-0.15, -0.1) is 0 Å². The molecule has 0 aromatic carbocycles. The highest BCUT2D eigenvalue weighted by atomic mass is 35.5. The maximum atomic E-state index is 12.3. The molecule has 0 unspecified atom stereocenters. The average Bonchev–Trinajstić information content (AvgIpc) is 2.88. The molecule has 0 aliphatic carbocycles. The molecule has 0 atom stereocenters. The predicted octanol–water partition coefficient (Wildman–Crippen LogP) is 1.94. The topological polar surface area (TPSA) is 153 Å². The zero-order valence-electron chi connectivity index (χ0n) is 23.4. The van der Waals surface area contributed by atoms with Gasteiger partial charge in [0.1, 0.15) is 25.1 Å². The van der Waals surface area contributed by atoms with Gasteiger partial charge in [0.05, 0.1) is 33.7 Å². The fraction of sp³-hybridized carbons (Fsp3) is 0.833. The molecule has 0 bridgehead atoms. The van der Waals surface area contributed by atoms with Gasteiger partial charge in [0.25, 0.3) is 0 Å². The van der Waals surface area contributed by atoms with Crippen LogP contribution in [0.15, 0.2) is 0 Å². The molecular weight excluding hydrogens is 539 g/mol. The molecule has 0 heterocycles. The van der Waals surface area contributed by atoms with Gasteiger partial charge in [-0.2, -0.15) is 0 Å². The zero-order chi connectivity index (χ0) is 27.8. The van der Waals surface area contributed by atoms with E-state index in [9.17, 15) is 19.2 Å². The minimum Gasteiger partial charge on any atom is -1.00 e. The Labute approximate surface area is 234 Å². The number of carbonyl (C=O) groups is 4. The second kappa shape index (κ2) is 25.1. The predicted molar refractivity (Wildman–Crippen MR) is 144 cm³/mol. The summed E-state index contributed by atoms with van der Waals surface area (Å²) in [4.78, 5) is 49.0. The standard InChI is InChI=1S/C24H47N4O8P.ClH/c1-5-9-13-33-21(29)25-17-37(18-26-22(30)34-14-10-6-2,19-27-23(31)35-15-11-7-3)20-28-24(32)36-16-12-8-4;/h5-20H2,1-4H3,(H3-,25,26,27,28,29,30,31,32);1H. The van der Waals surface area contributed by atoms with Gasteiger partial charge < -0.3 is 31.4 Å². The summed E-state index contributed by atoms with van der Waals surface area (Å²) in [7, 11) is -2.52. The number of ether oxygens (including phenoxy) is 4. The number of carbonyl (C=O) groups excluding carboxylic acids is 4. The Hall–Kier alpha value is -2.20. The summed E-state index contributed by atoms with van der Waals surface area (Å²) in [5.74, 6) is 0. The Balaban J connectivity index is 0. The summed E-state index contributed by atoms with van der Waals surface area (Å²) in [6.07, 6.45) is 4.31. The fourth-order valence-corrected chi connectivity index (χ4v) is 5.23. The normalized spacial score (nSPS) is 10.4. The lowest BCUT2D eigenvalue weighted by atomic mass is 10.4. The van der Waals surface area contributed by atoms with Crippen molar-refractivity contribution in [2.75, 3.05) is 51.6 Å². The van der Waals surface area contributed by atoms with Crippen molar-refractivity contribution in [1.82, 2.24) is 21.3 Å². The van der Waals surface area contributed by atoms with Gasteiger partial charge in [-0.1, -0.05) is 53.4 Å². The second-order valence-electron chi connectivity index (χ2n) is 8.64. The molecule has 38 heavy (non-hydrogen) atoms. The molecule has 0 aliphatic rings. The number of hydrogen-bond donors (Lipinski definition) is 4. The average molecular weight is 587 g/mol. The Bertz CT molecular complexity index is 551. The molecule has 0 fully saturated rings. The van der Waals surface area contributed by atoms with Crippen LogP contribution in [0.2, 0.25) is 0 Å². The molecule has 14 heteroatoms. The molecular formula is C24H48ClN4O8P. The van der Waals surface area contributed by atoms with Crippen LogP contribution in [0.3, 0.4) is 0 Å². The van der Waals surface area contributed by atoms with Gasteiger partial charge in [-0.3, -0.25) is 21.3 Å². The molecule has 224 valence electrons. The molecule has 0 rings (SSSR count). The Kier molecular flexibility index (Phi) is 25.1. The van der Waals surface area contributed by atoms with E-state index in [-0.39, 0.29) is 64.0 Å². The highest BCUT2D eigenvalue weighted by molar-refractivity contribution is 7.75. The minimum absolute atomic E-state index is 0. The molecule has 0 radical (unpaired) electrons. The monoisotopic (exact) mass is 586 g/mol. The van der Waals surface area contributed by atoms with Gasteiger partial charge >= 0.3 is 24.4 Å². The van der Waals surface area contributed by atoms with Crippen molar-refractivity contribution in [1.29, 1.82) is 0 Å². The fourth-order valence-electron chi connectivity index (χ4n) is 2.71. The first-order chi connectivity index (χ1) is 17.8. The van der Waals surface area contributed by atoms with E-state index in [1.165, 1.54) is 0 Å². The Morgan fingerprint density at radius 3 is 0.868 bits per heavy atom. The first-order valence-electron chi connectivity index (χ1n) is 13.3. The lowest BCUT2D eigenvalue weighted by Crippen LogP contribution is -3.00. The molecule has 4 N–H and O–H groups in total. The van der Waals surface area contributed by atoms with Crippen molar-refractivity contribution in [3.8, 4) is 0 Å². The van der Waals surface area contributed by atoms with Crippen LogP contribution in [0, 0.1) is 0 Å². The number of rotatable bonds is 20. The van der Waals surface area contributed by atoms with Crippen molar-refractivity contribution in [3.63, 3.8) is 0 Å². The van der Waals surface area contributed by atoms with Gasteiger partial charge in [-0.25, -0.2) is 19.2 Å². The van der Waals surface area contributed by atoms with Crippen molar-refractivity contribution < 1.29 is 50.5 Å². The van der Waals surface area contributed by atoms with E-state index in [0.717, 1.165) is 51.4 Å². The smallest absolute Gasteiger partial charge is 0.409 e. The summed E-state index contributed by atoms with van der Waals surface area (Å²) >= 11 is 0. The van der Waals surface area contributed by atoms with Crippen LogP contribution < -0.4 is 33.7 Å². The lowest BCUT2D eigenvalue weighted by molar-refractivity contribution is -0.0000320. The highest BCUT2D eigenvalue weighted by Crippen LogP contribution is 2.55. The summed E-state index contributed by atoms with van der Waals surface area (Å²) < 4.78 is 20.7. The highest BCUT2D eigenvalue weighted by Gasteiger charge is 2.40. The first kappa shape index (κ1) is 37.9. The summed E-state index contributed by atoms with van der Waals surface area (Å²) in [6.45, 7) is 9.05. The van der Waals surface area contributed by atoms with Crippen LogP contribution in [-0.4, -0.2) is 75.9 Å². The van der Waals surface area contributed by atoms with Gasteiger partial charge in [0, 0.05) is 0 Å². The largest absolute Gasteiger partial charge is 1.00 e. The van der Waals surface area contributed by atoms with Crippen LogP contribution in [0.25, 0.3) is 0 Å². The van der Waals surface area contributed by atoms with Crippen LogP contribution >= 0.6 is 7.26 Å². The van der Waals surface area contributed by atoms with Crippen LogP contribution in [0.4, 0.5) is 19.2 Å². The summed E-state index contributed by atoms with van der Waals surface area (Å²) in [5, 5.41) is 10.9. The third kappa shape index (κ3) is 20.8. The number of halogens is 1. The van der Waals surface area contributed by atoms with E-state index in [4.69, 9.17) is 18.9 Å². The first-order valence-corrected chi connectivity index (χ1v) is 15.8. The number of unbranched alkanes of at least 4 members (excludes halogenated alkanes) is 4. The number of alkyl carbamates (subject to hydrolysis) is 4. The van der Waals surface area contributed by atoms with Gasteiger partial charge in [0.2, 0.25) is 0 Å². The molecule has 0 saturated heterocycles. The molecule has 0 aromatic rings. The molecule has 0 saturated carbocycles. The lowest BCUT2D eigenvalue weighted by Gasteiger charge is -2.27. The number of amides is 4. The van der Waals surface area contributed by atoms with E-state index in [0.29, 0.717) is 0 Å². The van der Waals surface area contributed by atoms with Crippen molar-refractivity contribution >= 4 is 31.6 Å². The second-order valence-corrected chi connectivity index (χ2v) is 12.6. The van der Waals surface area contributed by atoms with Crippen molar-refractivity contribution in [3.05, 3.63) is 0 Å². The van der Waals surface area contributed by atoms with Crippen molar-refractivity contribution in [2.45, 2.75) is 79.1 Å². The SMILES string of the molecule is CCCCOC(=O)NC[P+](CNC(=O)OCCCC)(CNC(=O)OCCCC)CNC(=O)OCCCC.[Cl-]. The third-order valence-electron chi connectivity index (χ3n) is 5.16. The summed E-state index contributed by atoms with van der Waals surface area (Å²) in [5.41, 5.74) is 0. The van der Waals surface area contributed by atoms with E-state index in [1.54, 1.807) is 0 Å². The molecule has 0 aliphatic heterocycles. The zero-order valence-corrected chi connectivity index (χ0v) is 25.1. The minimum atomic E-state index is -2.52.